The van der Waals surface area contributed by atoms with Crippen LogP contribution in [0.3, 0.4) is 0 Å². The largest absolute Gasteiger partial charge is 0.380 e. The topological polar surface area (TPSA) is 23.5 Å². The molecule has 5 rings (SSSR count). The molecule has 0 spiro atoms. The molecule has 2 aliphatic heterocycles. The van der Waals surface area contributed by atoms with Crippen molar-refractivity contribution < 1.29 is 5.11 Å². The first kappa shape index (κ1) is 16.8. The Labute approximate surface area is 151 Å². The van der Waals surface area contributed by atoms with Crippen LogP contribution in [0, 0.1) is 5.92 Å². The molecule has 1 saturated carbocycles. The number of benzene rings is 2. The van der Waals surface area contributed by atoms with Gasteiger partial charge in [-0.05, 0) is 56.1 Å². The van der Waals surface area contributed by atoms with E-state index in [2.05, 4.69) is 36.1 Å². The Kier molecular flexibility index (Phi) is 4.66. The molecular formula is C23H29NO. The summed E-state index contributed by atoms with van der Waals surface area (Å²) in [5.74, 6) is 0.869. The van der Waals surface area contributed by atoms with E-state index >= 15 is 0 Å². The van der Waals surface area contributed by atoms with Crippen molar-refractivity contribution in [2.45, 2.75) is 56.7 Å². The Balaban J connectivity index is 1.63. The molecule has 3 fully saturated rings. The summed E-state index contributed by atoms with van der Waals surface area (Å²) in [4.78, 5) is 2.68. The number of hydrogen-bond donors (Lipinski definition) is 1. The first-order valence-electron chi connectivity index (χ1n) is 9.76. The zero-order valence-corrected chi connectivity index (χ0v) is 15.1. The molecule has 0 amide bonds. The van der Waals surface area contributed by atoms with E-state index in [-0.39, 0.29) is 0 Å². The lowest BCUT2D eigenvalue weighted by Gasteiger charge is -2.49. The molecule has 2 heteroatoms. The summed E-state index contributed by atoms with van der Waals surface area (Å²) in [5, 5.41) is 11.8. The third kappa shape index (κ3) is 3.26. The summed E-state index contributed by atoms with van der Waals surface area (Å²) in [6, 6.07) is 21.5. The fourth-order valence-electron chi connectivity index (χ4n) is 5.02. The average Bonchev–Trinajstić information content (AvgIpc) is 2.70. The van der Waals surface area contributed by atoms with Crippen molar-refractivity contribution in [3.05, 3.63) is 71.8 Å². The SMILES string of the molecule is CC(CC(O)(c1ccccc1)c1ccccc1)N1CC2CCC1CC2. The zero-order valence-electron chi connectivity index (χ0n) is 15.1. The van der Waals surface area contributed by atoms with Crippen molar-refractivity contribution >= 4 is 0 Å². The van der Waals surface area contributed by atoms with Gasteiger partial charge < -0.3 is 5.11 Å². The second-order valence-corrected chi connectivity index (χ2v) is 8.02. The molecule has 0 radical (unpaired) electrons. The Hall–Kier alpha value is -1.64. The van der Waals surface area contributed by atoms with Crippen LogP contribution in [0.4, 0.5) is 0 Å². The average molecular weight is 335 g/mol. The predicted octanol–water partition coefficient (Wildman–Crippen LogP) is 4.58. The minimum absolute atomic E-state index is 0.374. The normalized spacial score (nSPS) is 25.0. The highest BCUT2D eigenvalue weighted by atomic mass is 16.3. The highest BCUT2D eigenvalue weighted by Crippen LogP contribution is 2.40. The molecule has 2 bridgehead atoms. The summed E-state index contributed by atoms with van der Waals surface area (Å²) in [6.45, 7) is 3.52. The fourth-order valence-corrected chi connectivity index (χ4v) is 5.02. The lowest BCUT2D eigenvalue weighted by atomic mass is 9.76. The van der Waals surface area contributed by atoms with E-state index in [1.54, 1.807) is 0 Å². The Morgan fingerprint density at radius 3 is 1.88 bits per heavy atom. The van der Waals surface area contributed by atoms with Crippen LogP contribution in [-0.4, -0.2) is 28.6 Å². The second-order valence-electron chi connectivity index (χ2n) is 8.02. The van der Waals surface area contributed by atoms with E-state index in [4.69, 9.17) is 0 Å². The zero-order chi connectivity index (χ0) is 17.3. The van der Waals surface area contributed by atoms with Gasteiger partial charge in [0.15, 0.2) is 0 Å². The van der Waals surface area contributed by atoms with Gasteiger partial charge in [0.25, 0.3) is 0 Å². The molecule has 0 aromatic heterocycles. The van der Waals surface area contributed by atoms with Gasteiger partial charge in [-0.2, -0.15) is 0 Å². The van der Waals surface area contributed by atoms with Crippen molar-refractivity contribution in [2.24, 2.45) is 5.92 Å². The fraction of sp³-hybridized carbons (Fsp3) is 0.478. The molecule has 132 valence electrons. The molecule has 25 heavy (non-hydrogen) atoms. The number of hydrogen-bond acceptors (Lipinski definition) is 2. The molecule has 1 atom stereocenters. The number of rotatable bonds is 5. The predicted molar refractivity (Wildman–Crippen MR) is 102 cm³/mol. The van der Waals surface area contributed by atoms with Gasteiger partial charge in [0, 0.05) is 18.6 Å². The lowest BCUT2D eigenvalue weighted by molar-refractivity contribution is -0.0195. The van der Waals surface area contributed by atoms with Crippen molar-refractivity contribution in [1.29, 1.82) is 0 Å². The van der Waals surface area contributed by atoms with Crippen molar-refractivity contribution in [3.8, 4) is 0 Å². The Morgan fingerprint density at radius 2 is 1.44 bits per heavy atom. The van der Waals surface area contributed by atoms with Crippen LogP contribution in [-0.2, 0) is 5.60 Å². The summed E-state index contributed by atoms with van der Waals surface area (Å²) in [7, 11) is 0. The van der Waals surface area contributed by atoms with Crippen LogP contribution in [0.5, 0.6) is 0 Å². The molecule has 2 aromatic carbocycles. The third-order valence-electron chi connectivity index (χ3n) is 6.41. The molecule has 2 nitrogen and oxygen atoms in total. The minimum atomic E-state index is -0.932. The van der Waals surface area contributed by atoms with E-state index in [0.717, 1.165) is 29.5 Å². The molecule has 3 aliphatic rings. The highest BCUT2D eigenvalue weighted by Gasteiger charge is 2.40. The van der Waals surface area contributed by atoms with Crippen molar-refractivity contribution in [1.82, 2.24) is 4.90 Å². The second kappa shape index (κ2) is 6.93. The molecule has 2 heterocycles. The summed E-state index contributed by atoms with van der Waals surface area (Å²) >= 11 is 0. The smallest absolute Gasteiger partial charge is 0.116 e. The van der Waals surface area contributed by atoms with Crippen LogP contribution in [0.15, 0.2) is 60.7 Å². The van der Waals surface area contributed by atoms with Crippen molar-refractivity contribution in [2.75, 3.05) is 6.54 Å². The summed E-state index contributed by atoms with van der Waals surface area (Å²) in [5.41, 5.74) is 1.06. The summed E-state index contributed by atoms with van der Waals surface area (Å²) < 4.78 is 0. The van der Waals surface area contributed by atoms with Crippen LogP contribution in [0.25, 0.3) is 0 Å². The molecule has 1 N–H and O–H groups in total. The Morgan fingerprint density at radius 1 is 0.920 bits per heavy atom. The molecule has 2 aromatic rings. The number of nitrogens with zero attached hydrogens (tertiary/aromatic N) is 1. The van der Waals surface area contributed by atoms with Crippen LogP contribution in [0.1, 0.15) is 50.2 Å². The first-order chi connectivity index (χ1) is 12.2. The van der Waals surface area contributed by atoms with Gasteiger partial charge in [-0.25, -0.2) is 0 Å². The van der Waals surface area contributed by atoms with Gasteiger partial charge >= 0.3 is 0 Å². The first-order valence-corrected chi connectivity index (χ1v) is 9.76. The number of piperidine rings is 2. The van der Waals surface area contributed by atoms with Gasteiger partial charge in [-0.15, -0.1) is 0 Å². The van der Waals surface area contributed by atoms with E-state index < -0.39 is 5.60 Å². The summed E-state index contributed by atoms with van der Waals surface area (Å²) in [6.07, 6.45) is 6.21. The molecular weight excluding hydrogens is 306 g/mol. The molecule has 1 aliphatic carbocycles. The van der Waals surface area contributed by atoms with Crippen molar-refractivity contribution in [3.63, 3.8) is 0 Å². The molecule has 2 saturated heterocycles. The van der Waals surface area contributed by atoms with E-state index in [0.29, 0.717) is 6.04 Å². The standard InChI is InChI=1S/C23H29NO/c1-18(24-17-19-12-14-22(24)15-13-19)16-23(25,20-8-4-2-5-9-20)21-10-6-3-7-11-21/h2-11,18-19,22,25H,12-17H2,1H3. The third-order valence-corrected chi connectivity index (χ3v) is 6.41. The monoisotopic (exact) mass is 335 g/mol. The number of fused-ring (bicyclic) bond motifs is 3. The highest BCUT2D eigenvalue weighted by molar-refractivity contribution is 5.36. The van der Waals surface area contributed by atoms with E-state index in [1.807, 2.05) is 36.4 Å². The quantitative estimate of drug-likeness (QED) is 0.865. The van der Waals surface area contributed by atoms with Gasteiger partial charge in [-0.3, -0.25) is 4.90 Å². The molecule has 1 unspecified atom stereocenters. The lowest BCUT2D eigenvalue weighted by Crippen LogP contribution is -2.53. The van der Waals surface area contributed by atoms with Gasteiger partial charge in [0.05, 0.1) is 0 Å². The maximum atomic E-state index is 11.8. The van der Waals surface area contributed by atoms with Crippen LogP contribution >= 0.6 is 0 Å². The van der Waals surface area contributed by atoms with Gasteiger partial charge in [0.2, 0.25) is 0 Å². The van der Waals surface area contributed by atoms with E-state index in [9.17, 15) is 5.11 Å². The van der Waals surface area contributed by atoms with E-state index in [1.165, 1.54) is 32.2 Å². The number of aliphatic hydroxyl groups is 1. The van der Waals surface area contributed by atoms with Crippen LogP contribution < -0.4 is 0 Å². The van der Waals surface area contributed by atoms with Crippen LogP contribution in [0.2, 0.25) is 0 Å². The minimum Gasteiger partial charge on any atom is -0.380 e. The maximum absolute atomic E-state index is 11.8. The Bertz CT molecular complexity index is 636. The van der Waals surface area contributed by atoms with Gasteiger partial charge in [0.1, 0.15) is 5.60 Å². The maximum Gasteiger partial charge on any atom is 0.116 e. The van der Waals surface area contributed by atoms with Gasteiger partial charge in [-0.1, -0.05) is 60.7 Å².